The second-order valence-corrected chi connectivity index (χ2v) is 5.16. The molecule has 98 valence electrons. The molecule has 19 heavy (non-hydrogen) atoms. The summed E-state index contributed by atoms with van der Waals surface area (Å²) in [6.07, 6.45) is 2.12. The molecule has 0 amide bonds. The zero-order chi connectivity index (χ0) is 13.1. The van der Waals surface area contributed by atoms with Crippen molar-refractivity contribution in [1.29, 1.82) is 0 Å². The molecule has 0 fully saturated rings. The first-order valence-corrected chi connectivity index (χ1v) is 6.97. The summed E-state index contributed by atoms with van der Waals surface area (Å²) in [6, 6.07) is 17.5. The Hall–Kier alpha value is -1.80. The quantitative estimate of drug-likeness (QED) is 0.906. The number of hydrogen-bond donors (Lipinski definition) is 1. The summed E-state index contributed by atoms with van der Waals surface area (Å²) in [4.78, 5) is 2.48. The smallest absolute Gasteiger partial charge is 0.0429 e. The molecular weight excluding hydrogens is 232 g/mol. The highest BCUT2D eigenvalue weighted by atomic mass is 15.1. The average molecular weight is 252 g/mol. The molecule has 1 heterocycles. The van der Waals surface area contributed by atoms with E-state index in [1.54, 1.807) is 0 Å². The van der Waals surface area contributed by atoms with Crippen molar-refractivity contribution in [3.8, 4) is 0 Å². The lowest BCUT2D eigenvalue weighted by Crippen LogP contribution is -2.19. The van der Waals surface area contributed by atoms with E-state index in [1.165, 1.54) is 22.4 Å². The predicted octanol–water partition coefficient (Wildman–Crippen LogP) is 2.75. The molecule has 2 aromatic carbocycles. The minimum absolute atomic E-state index is 0.720. The normalized spacial score (nSPS) is 13.6. The third-order valence-corrected chi connectivity index (χ3v) is 3.79. The molecular formula is C17H20N2. The fourth-order valence-electron chi connectivity index (χ4n) is 2.78. The van der Waals surface area contributed by atoms with Gasteiger partial charge >= 0.3 is 0 Å². The van der Waals surface area contributed by atoms with E-state index >= 15 is 0 Å². The van der Waals surface area contributed by atoms with Gasteiger partial charge in [-0.25, -0.2) is 0 Å². The van der Waals surface area contributed by atoms with Gasteiger partial charge in [-0.2, -0.15) is 0 Å². The Labute approximate surface area is 114 Å². The van der Waals surface area contributed by atoms with Crippen LogP contribution in [0.4, 0.5) is 5.69 Å². The Balaban J connectivity index is 1.82. The van der Waals surface area contributed by atoms with Gasteiger partial charge < -0.3 is 10.6 Å². The van der Waals surface area contributed by atoms with Crippen molar-refractivity contribution in [2.24, 2.45) is 5.73 Å². The topological polar surface area (TPSA) is 29.3 Å². The van der Waals surface area contributed by atoms with Crippen LogP contribution in [0.15, 0.2) is 48.5 Å². The zero-order valence-electron chi connectivity index (χ0n) is 11.2. The maximum Gasteiger partial charge on any atom is 0.0429 e. The van der Waals surface area contributed by atoms with E-state index in [2.05, 4.69) is 53.4 Å². The molecule has 0 saturated carbocycles. The lowest BCUT2D eigenvalue weighted by atomic mass is 10.1. The summed E-state index contributed by atoms with van der Waals surface area (Å²) < 4.78 is 0. The highest BCUT2D eigenvalue weighted by Gasteiger charge is 2.19. The van der Waals surface area contributed by atoms with E-state index in [1.807, 2.05) is 0 Å². The summed E-state index contributed by atoms with van der Waals surface area (Å²) >= 11 is 0. The Bertz CT molecular complexity index is 548. The third kappa shape index (κ3) is 2.64. The minimum Gasteiger partial charge on any atom is -0.367 e. The number of anilines is 1. The highest BCUT2D eigenvalue weighted by Crippen LogP contribution is 2.30. The van der Waals surface area contributed by atoms with Gasteiger partial charge in [0, 0.05) is 18.8 Å². The first-order valence-electron chi connectivity index (χ1n) is 6.97. The molecule has 0 saturated heterocycles. The second-order valence-electron chi connectivity index (χ2n) is 5.16. The van der Waals surface area contributed by atoms with Crippen molar-refractivity contribution in [3.05, 3.63) is 65.2 Å². The van der Waals surface area contributed by atoms with Crippen LogP contribution in [0.1, 0.15) is 16.7 Å². The molecule has 0 spiro atoms. The molecule has 0 aliphatic carbocycles. The number of nitrogens with two attached hydrogens (primary N) is 1. The standard InChI is InChI=1S/C17H20N2/c18-10-8-14-6-7-16-9-11-19(17(16)12-14)13-15-4-2-1-3-5-15/h1-7,12H,8-11,13,18H2. The van der Waals surface area contributed by atoms with E-state index in [0.29, 0.717) is 0 Å². The van der Waals surface area contributed by atoms with Gasteiger partial charge in [-0.05, 0) is 42.1 Å². The fraction of sp³-hybridized carbons (Fsp3) is 0.294. The molecule has 0 unspecified atom stereocenters. The van der Waals surface area contributed by atoms with Crippen molar-refractivity contribution in [3.63, 3.8) is 0 Å². The monoisotopic (exact) mass is 252 g/mol. The van der Waals surface area contributed by atoms with Gasteiger partial charge in [0.1, 0.15) is 0 Å². The van der Waals surface area contributed by atoms with Crippen LogP contribution in [0.25, 0.3) is 0 Å². The first-order chi connectivity index (χ1) is 9.36. The molecule has 0 radical (unpaired) electrons. The van der Waals surface area contributed by atoms with Crippen molar-refractivity contribution in [1.82, 2.24) is 0 Å². The zero-order valence-corrected chi connectivity index (χ0v) is 11.2. The maximum atomic E-state index is 5.65. The van der Waals surface area contributed by atoms with Gasteiger partial charge in [0.05, 0.1) is 0 Å². The number of benzene rings is 2. The summed E-state index contributed by atoms with van der Waals surface area (Å²) in [5.74, 6) is 0. The van der Waals surface area contributed by atoms with E-state index < -0.39 is 0 Å². The SMILES string of the molecule is NCCc1ccc2c(c1)N(Cc1ccccc1)CC2. The highest BCUT2D eigenvalue weighted by molar-refractivity contribution is 5.59. The Morgan fingerprint density at radius 3 is 2.63 bits per heavy atom. The van der Waals surface area contributed by atoms with Gasteiger partial charge in [-0.1, -0.05) is 42.5 Å². The summed E-state index contributed by atoms with van der Waals surface area (Å²) in [5, 5.41) is 0. The summed E-state index contributed by atoms with van der Waals surface area (Å²) in [5.41, 5.74) is 11.2. The van der Waals surface area contributed by atoms with E-state index in [9.17, 15) is 0 Å². The van der Waals surface area contributed by atoms with Crippen LogP contribution in [-0.2, 0) is 19.4 Å². The van der Waals surface area contributed by atoms with Crippen LogP contribution in [0.5, 0.6) is 0 Å². The van der Waals surface area contributed by atoms with E-state index in [-0.39, 0.29) is 0 Å². The van der Waals surface area contributed by atoms with E-state index in [4.69, 9.17) is 5.73 Å². The van der Waals surface area contributed by atoms with Crippen molar-refractivity contribution >= 4 is 5.69 Å². The van der Waals surface area contributed by atoms with Crippen LogP contribution < -0.4 is 10.6 Å². The van der Waals surface area contributed by atoms with Gasteiger partial charge in [-0.3, -0.25) is 0 Å². The van der Waals surface area contributed by atoms with Crippen molar-refractivity contribution in [2.45, 2.75) is 19.4 Å². The van der Waals surface area contributed by atoms with Crippen LogP contribution in [0, 0.1) is 0 Å². The molecule has 0 bridgehead atoms. The van der Waals surface area contributed by atoms with Crippen LogP contribution in [0.2, 0.25) is 0 Å². The van der Waals surface area contributed by atoms with Gasteiger partial charge in [0.25, 0.3) is 0 Å². The van der Waals surface area contributed by atoms with Crippen molar-refractivity contribution in [2.75, 3.05) is 18.0 Å². The lowest BCUT2D eigenvalue weighted by Gasteiger charge is -2.20. The maximum absolute atomic E-state index is 5.65. The molecule has 2 nitrogen and oxygen atoms in total. The van der Waals surface area contributed by atoms with Crippen LogP contribution >= 0.6 is 0 Å². The van der Waals surface area contributed by atoms with E-state index in [0.717, 1.165) is 32.5 Å². The molecule has 3 rings (SSSR count). The molecule has 0 aromatic heterocycles. The molecule has 2 heteroatoms. The largest absolute Gasteiger partial charge is 0.367 e. The molecule has 1 aliphatic heterocycles. The van der Waals surface area contributed by atoms with Gasteiger partial charge in [0.15, 0.2) is 0 Å². The number of rotatable bonds is 4. The van der Waals surface area contributed by atoms with Crippen LogP contribution in [-0.4, -0.2) is 13.1 Å². The van der Waals surface area contributed by atoms with Crippen molar-refractivity contribution < 1.29 is 0 Å². The minimum atomic E-state index is 0.720. The predicted molar refractivity (Wildman–Crippen MR) is 80.4 cm³/mol. The Morgan fingerprint density at radius 1 is 1.00 bits per heavy atom. The first kappa shape index (κ1) is 12.2. The van der Waals surface area contributed by atoms with Gasteiger partial charge in [-0.15, -0.1) is 0 Å². The average Bonchev–Trinajstić information content (AvgIpc) is 2.83. The lowest BCUT2D eigenvalue weighted by molar-refractivity contribution is 0.835. The van der Waals surface area contributed by atoms with Gasteiger partial charge in [0.2, 0.25) is 0 Å². The number of nitrogens with zero attached hydrogens (tertiary/aromatic N) is 1. The molecule has 2 aromatic rings. The fourth-order valence-corrected chi connectivity index (χ4v) is 2.78. The number of hydrogen-bond acceptors (Lipinski definition) is 2. The third-order valence-electron chi connectivity index (χ3n) is 3.79. The molecule has 1 aliphatic rings. The summed E-state index contributed by atoms with van der Waals surface area (Å²) in [7, 11) is 0. The number of fused-ring (bicyclic) bond motifs is 1. The second kappa shape index (κ2) is 5.45. The molecule has 2 N–H and O–H groups in total. The Kier molecular flexibility index (Phi) is 3.51. The Morgan fingerprint density at radius 2 is 1.84 bits per heavy atom. The molecule has 0 atom stereocenters. The summed E-state index contributed by atoms with van der Waals surface area (Å²) in [6.45, 7) is 2.84. The van der Waals surface area contributed by atoms with Crippen LogP contribution in [0.3, 0.4) is 0 Å².